The fourth-order valence-electron chi connectivity index (χ4n) is 2.66. The van der Waals surface area contributed by atoms with Crippen molar-refractivity contribution in [2.24, 2.45) is 0 Å². The number of nitrogens with zero attached hydrogens (tertiary/aromatic N) is 2. The highest BCUT2D eigenvalue weighted by Gasteiger charge is 2.16. The molecule has 1 heterocycles. The third-order valence-corrected chi connectivity index (χ3v) is 4.51. The number of aromatic nitrogens is 1. The van der Waals surface area contributed by atoms with Crippen molar-refractivity contribution in [2.75, 3.05) is 19.6 Å². The Labute approximate surface area is 154 Å². The van der Waals surface area contributed by atoms with E-state index in [2.05, 4.69) is 29.2 Å². The van der Waals surface area contributed by atoms with E-state index >= 15 is 0 Å². The molecule has 1 amide bonds. The van der Waals surface area contributed by atoms with E-state index in [0.29, 0.717) is 16.5 Å². The normalized spacial score (nSPS) is 12.4. The van der Waals surface area contributed by atoms with E-state index in [-0.39, 0.29) is 11.9 Å². The standard InChI is InChI=1S/C19H26ClN3O2/c1-4-23(5-2)12-6-7-14(3)21-19(24)17-13-18(25-22-17)15-8-10-16(20)11-9-15/h8-11,13-14H,4-7,12H2,1-3H3,(H,21,24)/t14-/m0/s1. The van der Waals surface area contributed by atoms with E-state index in [4.69, 9.17) is 16.1 Å². The maximum atomic E-state index is 12.3. The monoisotopic (exact) mass is 363 g/mol. The van der Waals surface area contributed by atoms with Gasteiger partial charge in [0.2, 0.25) is 0 Å². The largest absolute Gasteiger partial charge is 0.355 e. The summed E-state index contributed by atoms with van der Waals surface area (Å²) in [5.41, 5.74) is 1.13. The van der Waals surface area contributed by atoms with Gasteiger partial charge in [0.25, 0.3) is 5.91 Å². The highest BCUT2D eigenvalue weighted by molar-refractivity contribution is 6.30. The summed E-state index contributed by atoms with van der Waals surface area (Å²) in [4.78, 5) is 14.7. The molecule has 6 heteroatoms. The molecular formula is C19H26ClN3O2. The zero-order chi connectivity index (χ0) is 18.2. The van der Waals surface area contributed by atoms with Gasteiger partial charge in [-0.3, -0.25) is 4.79 Å². The Kier molecular flexibility index (Phi) is 7.47. The van der Waals surface area contributed by atoms with Gasteiger partial charge in [0, 0.05) is 22.7 Å². The second kappa shape index (κ2) is 9.59. The van der Waals surface area contributed by atoms with E-state index in [0.717, 1.165) is 38.0 Å². The van der Waals surface area contributed by atoms with Gasteiger partial charge in [-0.2, -0.15) is 0 Å². The molecule has 1 aromatic heterocycles. The number of halogens is 1. The molecule has 0 spiro atoms. The maximum absolute atomic E-state index is 12.3. The Morgan fingerprint density at radius 2 is 1.96 bits per heavy atom. The average molecular weight is 364 g/mol. The summed E-state index contributed by atoms with van der Waals surface area (Å²) in [6.07, 6.45) is 1.99. The molecule has 5 nitrogen and oxygen atoms in total. The fraction of sp³-hybridized carbons (Fsp3) is 0.474. The molecule has 1 N–H and O–H groups in total. The van der Waals surface area contributed by atoms with Crippen LogP contribution in [0.4, 0.5) is 0 Å². The van der Waals surface area contributed by atoms with Crippen LogP contribution in [-0.2, 0) is 0 Å². The number of carbonyl (C=O) groups is 1. The molecular weight excluding hydrogens is 338 g/mol. The van der Waals surface area contributed by atoms with Crippen molar-refractivity contribution >= 4 is 17.5 Å². The molecule has 2 aromatic rings. The van der Waals surface area contributed by atoms with Gasteiger partial charge in [0.15, 0.2) is 11.5 Å². The number of nitrogens with one attached hydrogen (secondary N) is 1. The second-order valence-electron chi connectivity index (χ2n) is 6.13. The Hall–Kier alpha value is -1.85. The number of hydrogen-bond donors (Lipinski definition) is 1. The fourth-order valence-corrected chi connectivity index (χ4v) is 2.79. The molecule has 136 valence electrons. The molecule has 0 aliphatic heterocycles. The first-order valence-corrected chi connectivity index (χ1v) is 9.17. The summed E-state index contributed by atoms with van der Waals surface area (Å²) in [5, 5.41) is 7.51. The van der Waals surface area contributed by atoms with Crippen molar-refractivity contribution in [2.45, 2.75) is 39.7 Å². The van der Waals surface area contributed by atoms with E-state index in [1.165, 1.54) is 0 Å². The molecule has 0 saturated heterocycles. The smallest absolute Gasteiger partial charge is 0.273 e. The number of rotatable bonds is 9. The van der Waals surface area contributed by atoms with Crippen molar-refractivity contribution in [3.05, 3.63) is 41.0 Å². The number of amides is 1. The molecule has 0 unspecified atom stereocenters. The van der Waals surface area contributed by atoms with E-state index in [9.17, 15) is 4.79 Å². The predicted octanol–water partition coefficient (Wildman–Crippen LogP) is 4.24. The number of carbonyl (C=O) groups excluding carboxylic acids is 1. The molecule has 1 aromatic carbocycles. The molecule has 0 bridgehead atoms. The van der Waals surface area contributed by atoms with Crippen LogP contribution in [0.5, 0.6) is 0 Å². The van der Waals surface area contributed by atoms with Crippen molar-refractivity contribution in [1.82, 2.24) is 15.4 Å². The predicted molar refractivity (Wildman–Crippen MR) is 101 cm³/mol. The highest BCUT2D eigenvalue weighted by Crippen LogP contribution is 2.22. The lowest BCUT2D eigenvalue weighted by Gasteiger charge is -2.19. The third-order valence-electron chi connectivity index (χ3n) is 4.25. The molecule has 1 atom stereocenters. The molecule has 2 rings (SSSR count). The topological polar surface area (TPSA) is 58.4 Å². The molecule has 0 aliphatic rings. The quantitative estimate of drug-likeness (QED) is 0.724. The van der Waals surface area contributed by atoms with Crippen molar-refractivity contribution in [3.8, 4) is 11.3 Å². The Morgan fingerprint density at radius 3 is 2.60 bits per heavy atom. The van der Waals surface area contributed by atoms with Gasteiger partial charge in [-0.15, -0.1) is 0 Å². The molecule has 0 saturated carbocycles. The number of benzene rings is 1. The summed E-state index contributed by atoms with van der Waals surface area (Å²) in [6.45, 7) is 9.51. The average Bonchev–Trinajstić information content (AvgIpc) is 3.09. The van der Waals surface area contributed by atoms with Crippen LogP contribution in [0.2, 0.25) is 5.02 Å². The summed E-state index contributed by atoms with van der Waals surface area (Å²) in [7, 11) is 0. The summed E-state index contributed by atoms with van der Waals surface area (Å²) in [5.74, 6) is 0.343. The van der Waals surface area contributed by atoms with Gasteiger partial charge >= 0.3 is 0 Å². The first-order chi connectivity index (χ1) is 12.0. The summed E-state index contributed by atoms with van der Waals surface area (Å²) >= 11 is 5.88. The Bertz CT molecular complexity index is 666. The highest BCUT2D eigenvalue weighted by atomic mass is 35.5. The van der Waals surface area contributed by atoms with Gasteiger partial charge in [0.1, 0.15) is 0 Å². The lowest BCUT2D eigenvalue weighted by molar-refractivity contribution is 0.0928. The maximum Gasteiger partial charge on any atom is 0.273 e. The SMILES string of the molecule is CCN(CC)CCC[C@H](C)NC(=O)c1cc(-c2ccc(Cl)cc2)on1. The minimum Gasteiger partial charge on any atom is -0.355 e. The van der Waals surface area contributed by atoms with Gasteiger partial charge in [0.05, 0.1) is 0 Å². The minimum atomic E-state index is -0.209. The lowest BCUT2D eigenvalue weighted by atomic mass is 10.1. The third kappa shape index (κ3) is 5.87. The van der Waals surface area contributed by atoms with Crippen LogP contribution >= 0.6 is 11.6 Å². The summed E-state index contributed by atoms with van der Waals surface area (Å²) < 4.78 is 5.27. The molecule has 25 heavy (non-hydrogen) atoms. The van der Waals surface area contributed by atoms with Crippen LogP contribution in [0.15, 0.2) is 34.9 Å². The van der Waals surface area contributed by atoms with Gasteiger partial charge in [-0.25, -0.2) is 0 Å². The van der Waals surface area contributed by atoms with Crippen LogP contribution in [-0.4, -0.2) is 41.6 Å². The second-order valence-corrected chi connectivity index (χ2v) is 6.56. The summed E-state index contributed by atoms with van der Waals surface area (Å²) in [6, 6.07) is 8.97. The zero-order valence-corrected chi connectivity index (χ0v) is 15.8. The zero-order valence-electron chi connectivity index (χ0n) is 15.1. The van der Waals surface area contributed by atoms with E-state index in [1.807, 2.05) is 19.1 Å². The first kappa shape index (κ1) is 19.5. The van der Waals surface area contributed by atoms with Crippen LogP contribution in [0.3, 0.4) is 0 Å². The first-order valence-electron chi connectivity index (χ1n) is 8.79. The molecule has 0 radical (unpaired) electrons. The molecule has 0 fully saturated rings. The Balaban J connectivity index is 1.85. The van der Waals surface area contributed by atoms with Gasteiger partial charge in [-0.1, -0.05) is 30.6 Å². The van der Waals surface area contributed by atoms with E-state index in [1.54, 1.807) is 18.2 Å². The van der Waals surface area contributed by atoms with E-state index < -0.39 is 0 Å². The van der Waals surface area contributed by atoms with Gasteiger partial charge in [-0.05, 0) is 63.7 Å². The molecule has 0 aliphatic carbocycles. The van der Waals surface area contributed by atoms with Crippen molar-refractivity contribution < 1.29 is 9.32 Å². The van der Waals surface area contributed by atoms with Crippen molar-refractivity contribution in [1.29, 1.82) is 0 Å². The van der Waals surface area contributed by atoms with Gasteiger partial charge < -0.3 is 14.7 Å². The van der Waals surface area contributed by atoms with Crippen LogP contribution in [0.25, 0.3) is 11.3 Å². The van der Waals surface area contributed by atoms with Crippen LogP contribution in [0.1, 0.15) is 44.1 Å². The van der Waals surface area contributed by atoms with Crippen molar-refractivity contribution in [3.63, 3.8) is 0 Å². The Morgan fingerprint density at radius 1 is 1.28 bits per heavy atom. The van der Waals surface area contributed by atoms with Crippen LogP contribution in [0, 0.1) is 0 Å². The number of hydrogen-bond acceptors (Lipinski definition) is 4. The minimum absolute atomic E-state index is 0.0961. The lowest BCUT2D eigenvalue weighted by Crippen LogP contribution is -2.33. The van der Waals surface area contributed by atoms with Crippen LogP contribution < -0.4 is 5.32 Å².